The Bertz CT molecular complexity index is 315. The van der Waals surface area contributed by atoms with Crippen molar-refractivity contribution in [3.8, 4) is 0 Å². The van der Waals surface area contributed by atoms with Gasteiger partial charge in [0.1, 0.15) is 0 Å². The monoisotopic (exact) mass is 256 g/mol. The first-order chi connectivity index (χ1) is 8.66. The fourth-order valence-corrected chi connectivity index (χ4v) is 2.56. The SMILES string of the molecule is O=C(O)CC1CN(C(=O)C2CCNCC2)CCO1. The van der Waals surface area contributed by atoms with E-state index in [2.05, 4.69) is 5.32 Å². The number of carboxylic acid groups (broad SMARTS) is 1. The first kappa shape index (κ1) is 13.3. The highest BCUT2D eigenvalue weighted by Crippen LogP contribution is 2.18. The predicted molar refractivity (Wildman–Crippen MR) is 64.2 cm³/mol. The molecule has 1 unspecified atom stereocenters. The molecule has 0 aliphatic carbocycles. The maximum Gasteiger partial charge on any atom is 0.306 e. The normalized spacial score (nSPS) is 26.0. The molecule has 2 aliphatic heterocycles. The van der Waals surface area contributed by atoms with Crippen LogP contribution in [-0.2, 0) is 14.3 Å². The Labute approximate surface area is 106 Å². The highest BCUT2D eigenvalue weighted by molar-refractivity contribution is 5.79. The van der Waals surface area contributed by atoms with Crippen LogP contribution in [0.1, 0.15) is 19.3 Å². The first-order valence-corrected chi connectivity index (χ1v) is 6.49. The van der Waals surface area contributed by atoms with Gasteiger partial charge in [-0.05, 0) is 25.9 Å². The molecule has 0 aromatic carbocycles. The minimum Gasteiger partial charge on any atom is -0.481 e. The highest BCUT2D eigenvalue weighted by Gasteiger charge is 2.30. The summed E-state index contributed by atoms with van der Waals surface area (Å²) >= 11 is 0. The third kappa shape index (κ3) is 3.43. The number of morpholine rings is 1. The van der Waals surface area contributed by atoms with E-state index in [1.165, 1.54) is 0 Å². The van der Waals surface area contributed by atoms with Crippen LogP contribution in [0.15, 0.2) is 0 Å². The van der Waals surface area contributed by atoms with Crippen LogP contribution in [0.5, 0.6) is 0 Å². The van der Waals surface area contributed by atoms with Gasteiger partial charge in [-0.1, -0.05) is 0 Å². The van der Waals surface area contributed by atoms with Gasteiger partial charge in [-0.3, -0.25) is 9.59 Å². The lowest BCUT2D eigenvalue weighted by molar-refractivity contribution is -0.150. The summed E-state index contributed by atoms with van der Waals surface area (Å²) in [7, 11) is 0. The van der Waals surface area contributed by atoms with Crippen molar-refractivity contribution >= 4 is 11.9 Å². The van der Waals surface area contributed by atoms with Crippen molar-refractivity contribution in [2.45, 2.75) is 25.4 Å². The Hall–Kier alpha value is -1.14. The number of nitrogens with one attached hydrogen (secondary N) is 1. The molecule has 18 heavy (non-hydrogen) atoms. The average molecular weight is 256 g/mol. The minimum atomic E-state index is -0.879. The number of nitrogens with zero attached hydrogens (tertiary/aromatic N) is 1. The van der Waals surface area contributed by atoms with Crippen LogP contribution in [0.25, 0.3) is 0 Å². The maximum atomic E-state index is 12.3. The highest BCUT2D eigenvalue weighted by atomic mass is 16.5. The summed E-state index contributed by atoms with van der Waals surface area (Å²) in [4.78, 5) is 24.7. The number of ether oxygens (including phenoxy) is 1. The predicted octanol–water partition coefficient (Wildman–Crippen LogP) is -0.312. The molecule has 2 aliphatic rings. The molecule has 0 radical (unpaired) electrons. The summed E-state index contributed by atoms with van der Waals surface area (Å²) in [5, 5.41) is 12.0. The van der Waals surface area contributed by atoms with Gasteiger partial charge in [0.05, 0.1) is 19.1 Å². The van der Waals surface area contributed by atoms with Crippen LogP contribution >= 0.6 is 0 Å². The third-order valence-electron chi connectivity index (χ3n) is 3.54. The number of carbonyl (C=O) groups excluding carboxylic acids is 1. The summed E-state index contributed by atoms with van der Waals surface area (Å²) < 4.78 is 5.37. The zero-order valence-electron chi connectivity index (χ0n) is 10.4. The van der Waals surface area contributed by atoms with Crippen molar-refractivity contribution in [1.29, 1.82) is 0 Å². The Kier molecular flexibility index (Phi) is 4.54. The summed E-state index contributed by atoms with van der Waals surface area (Å²) in [5.41, 5.74) is 0. The molecule has 2 N–H and O–H groups in total. The number of rotatable bonds is 3. The van der Waals surface area contributed by atoms with E-state index >= 15 is 0 Å². The van der Waals surface area contributed by atoms with E-state index in [1.807, 2.05) is 0 Å². The minimum absolute atomic E-state index is 0.0317. The van der Waals surface area contributed by atoms with Crippen molar-refractivity contribution in [2.75, 3.05) is 32.8 Å². The van der Waals surface area contributed by atoms with Crippen molar-refractivity contribution in [1.82, 2.24) is 10.2 Å². The van der Waals surface area contributed by atoms with Crippen molar-refractivity contribution in [3.63, 3.8) is 0 Å². The number of aliphatic carboxylic acids is 1. The van der Waals surface area contributed by atoms with E-state index in [9.17, 15) is 9.59 Å². The molecule has 2 saturated heterocycles. The van der Waals surface area contributed by atoms with E-state index in [0.717, 1.165) is 25.9 Å². The Morgan fingerprint density at radius 3 is 2.72 bits per heavy atom. The summed E-state index contributed by atoms with van der Waals surface area (Å²) in [5.74, 6) is -0.624. The molecule has 2 fully saturated rings. The van der Waals surface area contributed by atoms with Crippen molar-refractivity contribution < 1.29 is 19.4 Å². The summed E-state index contributed by atoms with van der Waals surface area (Å²) in [6, 6.07) is 0. The van der Waals surface area contributed by atoms with Gasteiger partial charge in [0, 0.05) is 19.0 Å². The van der Waals surface area contributed by atoms with Gasteiger partial charge in [-0.25, -0.2) is 0 Å². The van der Waals surface area contributed by atoms with Gasteiger partial charge in [0.25, 0.3) is 0 Å². The molecule has 2 rings (SSSR count). The Morgan fingerprint density at radius 1 is 1.33 bits per heavy atom. The average Bonchev–Trinajstić information content (AvgIpc) is 2.38. The fourth-order valence-electron chi connectivity index (χ4n) is 2.56. The maximum absolute atomic E-state index is 12.3. The van der Waals surface area contributed by atoms with Crippen LogP contribution in [-0.4, -0.2) is 60.8 Å². The molecule has 0 saturated carbocycles. The van der Waals surface area contributed by atoms with Crippen molar-refractivity contribution in [2.24, 2.45) is 5.92 Å². The van der Waals surface area contributed by atoms with E-state index in [1.54, 1.807) is 4.90 Å². The van der Waals surface area contributed by atoms with E-state index in [0.29, 0.717) is 19.7 Å². The molecule has 0 aromatic heterocycles. The second kappa shape index (κ2) is 6.15. The number of hydrogen-bond acceptors (Lipinski definition) is 4. The lowest BCUT2D eigenvalue weighted by atomic mass is 9.96. The summed E-state index contributed by atoms with van der Waals surface area (Å²) in [6.45, 7) is 3.21. The molecule has 1 amide bonds. The molecule has 2 heterocycles. The Morgan fingerprint density at radius 2 is 2.06 bits per heavy atom. The van der Waals surface area contributed by atoms with Crippen LogP contribution in [0.4, 0.5) is 0 Å². The second-order valence-electron chi connectivity index (χ2n) is 4.90. The third-order valence-corrected chi connectivity index (χ3v) is 3.54. The zero-order chi connectivity index (χ0) is 13.0. The zero-order valence-corrected chi connectivity index (χ0v) is 10.4. The smallest absolute Gasteiger partial charge is 0.306 e. The lowest BCUT2D eigenvalue weighted by Crippen LogP contribution is -2.49. The van der Waals surface area contributed by atoms with Gasteiger partial charge in [0.15, 0.2) is 0 Å². The molecule has 1 atom stereocenters. The van der Waals surface area contributed by atoms with Crippen molar-refractivity contribution in [3.05, 3.63) is 0 Å². The van der Waals surface area contributed by atoms with Crippen LogP contribution in [0.3, 0.4) is 0 Å². The number of amides is 1. The largest absolute Gasteiger partial charge is 0.481 e. The lowest BCUT2D eigenvalue weighted by Gasteiger charge is -2.35. The van der Waals surface area contributed by atoms with E-state index in [-0.39, 0.29) is 24.3 Å². The number of hydrogen-bond donors (Lipinski definition) is 2. The molecular formula is C12H20N2O4. The fraction of sp³-hybridized carbons (Fsp3) is 0.833. The molecule has 102 valence electrons. The van der Waals surface area contributed by atoms with E-state index < -0.39 is 5.97 Å². The van der Waals surface area contributed by atoms with Gasteiger partial charge in [0.2, 0.25) is 5.91 Å². The van der Waals surface area contributed by atoms with Gasteiger partial charge in [-0.15, -0.1) is 0 Å². The second-order valence-corrected chi connectivity index (χ2v) is 4.90. The molecule has 0 spiro atoms. The van der Waals surface area contributed by atoms with E-state index in [4.69, 9.17) is 9.84 Å². The quantitative estimate of drug-likeness (QED) is 0.724. The number of piperidine rings is 1. The number of carboxylic acids is 1. The standard InChI is InChI=1S/C12H20N2O4/c15-11(16)7-10-8-14(5-6-18-10)12(17)9-1-3-13-4-2-9/h9-10,13H,1-8H2,(H,15,16). The van der Waals surface area contributed by atoms with Crippen LogP contribution in [0, 0.1) is 5.92 Å². The Balaban J connectivity index is 1.87. The first-order valence-electron chi connectivity index (χ1n) is 6.49. The number of carbonyl (C=O) groups is 2. The molecular weight excluding hydrogens is 236 g/mol. The van der Waals surface area contributed by atoms with Crippen LogP contribution < -0.4 is 5.32 Å². The molecule has 6 heteroatoms. The molecule has 0 aromatic rings. The van der Waals surface area contributed by atoms with Gasteiger partial charge < -0.3 is 20.1 Å². The molecule has 0 bridgehead atoms. The summed E-state index contributed by atoms with van der Waals surface area (Å²) in [6.07, 6.45) is 1.36. The topological polar surface area (TPSA) is 78.9 Å². The van der Waals surface area contributed by atoms with Crippen LogP contribution in [0.2, 0.25) is 0 Å². The van der Waals surface area contributed by atoms with Gasteiger partial charge in [-0.2, -0.15) is 0 Å². The van der Waals surface area contributed by atoms with Gasteiger partial charge >= 0.3 is 5.97 Å². The molecule has 6 nitrogen and oxygen atoms in total.